The molecule has 0 atom stereocenters. The van der Waals surface area contributed by atoms with Crippen LogP contribution in [0, 0.1) is 0 Å². The summed E-state index contributed by atoms with van der Waals surface area (Å²) in [7, 11) is 0. The monoisotopic (exact) mass is 248 g/mol. The highest BCUT2D eigenvalue weighted by Gasteiger charge is 2.28. The molecule has 0 amide bonds. The van der Waals surface area contributed by atoms with E-state index in [4.69, 9.17) is 5.11 Å². The average Bonchev–Trinajstić information content (AvgIpc) is 2.23. The Bertz CT molecular complexity index is 388. The van der Waals surface area contributed by atoms with Crippen molar-refractivity contribution in [3.05, 3.63) is 29.8 Å². The normalized spacial score (nSPS) is 11.2. The number of carboxylic acids is 1. The van der Waals surface area contributed by atoms with Crippen molar-refractivity contribution < 1.29 is 27.8 Å². The molecule has 0 aliphatic carbocycles. The van der Waals surface area contributed by atoms with Crippen molar-refractivity contribution in [3.8, 4) is 5.75 Å². The van der Waals surface area contributed by atoms with E-state index in [1.54, 1.807) is 6.07 Å². The molecule has 3 nitrogen and oxygen atoms in total. The molecular weight excluding hydrogens is 237 g/mol. The molecule has 1 aromatic rings. The first kappa shape index (κ1) is 13.3. The predicted molar refractivity (Wildman–Crippen MR) is 53.9 cm³/mol. The van der Waals surface area contributed by atoms with Crippen LogP contribution in [0.1, 0.15) is 12.0 Å². The quantitative estimate of drug-likeness (QED) is 0.871. The predicted octanol–water partition coefficient (Wildman–Crippen LogP) is 2.64. The number of alkyl halides is 3. The molecule has 1 aromatic carbocycles. The Balaban J connectivity index is 2.56. The Labute approximate surface area is 95.8 Å². The van der Waals surface area contributed by atoms with Gasteiger partial charge in [-0.05, 0) is 24.1 Å². The number of carboxylic acid groups (broad SMARTS) is 1. The largest absolute Gasteiger partial charge is 0.484 e. The summed E-state index contributed by atoms with van der Waals surface area (Å²) in [5.41, 5.74) is 0.632. The summed E-state index contributed by atoms with van der Waals surface area (Å²) in [5.74, 6) is -0.864. The third kappa shape index (κ3) is 5.79. The Morgan fingerprint density at radius 3 is 2.65 bits per heavy atom. The van der Waals surface area contributed by atoms with Crippen LogP contribution in [0.25, 0.3) is 0 Å². The smallest absolute Gasteiger partial charge is 0.422 e. The summed E-state index contributed by atoms with van der Waals surface area (Å²) < 4.78 is 40.2. The fourth-order valence-corrected chi connectivity index (χ4v) is 1.21. The topological polar surface area (TPSA) is 46.5 Å². The van der Waals surface area contributed by atoms with Crippen LogP contribution in [-0.2, 0) is 11.2 Å². The standard InChI is InChI=1S/C11H11F3O3/c12-11(13,14)7-17-9-3-1-2-8(6-9)4-5-10(15)16/h1-3,6H,4-5,7H2,(H,15,16). The van der Waals surface area contributed by atoms with Crippen molar-refractivity contribution in [2.75, 3.05) is 6.61 Å². The second-order valence-corrected chi connectivity index (χ2v) is 3.44. The van der Waals surface area contributed by atoms with E-state index in [9.17, 15) is 18.0 Å². The molecule has 17 heavy (non-hydrogen) atoms. The minimum Gasteiger partial charge on any atom is -0.484 e. The van der Waals surface area contributed by atoms with E-state index in [-0.39, 0.29) is 18.6 Å². The van der Waals surface area contributed by atoms with E-state index >= 15 is 0 Å². The van der Waals surface area contributed by atoms with Gasteiger partial charge >= 0.3 is 12.1 Å². The van der Waals surface area contributed by atoms with E-state index in [2.05, 4.69) is 4.74 Å². The van der Waals surface area contributed by atoms with Gasteiger partial charge in [-0.15, -0.1) is 0 Å². The molecule has 0 saturated heterocycles. The number of ether oxygens (including phenoxy) is 1. The van der Waals surface area contributed by atoms with Gasteiger partial charge in [-0.2, -0.15) is 13.2 Å². The van der Waals surface area contributed by atoms with Gasteiger partial charge in [0.1, 0.15) is 5.75 Å². The summed E-state index contributed by atoms with van der Waals surface area (Å²) in [6.45, 7) is -1.35. The lowest BCUT2D eigenvalue weighted by atomic mass is 10.1. The zero-order valence-corrected chi connectivity index (χ0v) is 8.83. The zero-order valence-electron chi connectivity index (χ0n) is 8.83. The lowest BCUT2D eigenvalue weighted by Gasteiger charge is -2.09. The molecular formula is C11H11F3O3. The summed E-state index contributed by atoms with van der Waals surface area (Å²) in [5, 5.41) is 8.47. The molecule has 1 rings (SSSR count). The van der Waals surface area contributed by atoms with Gasteiger partial charge in [-0.1, -0.05) is 12.1 Å². The van der Waals surface area contributed by atoms with E-state index in [1.807, 2.05) is 0 Å². The number of aryl methyl sites for hydroxylation is 1. The molecule has 0 spiro atoms. The number of hydrogen-bond donors (Lipinski definition) is 1. The molecule has 0 bridgehead atoms. The van der Waals surface area contributed by atoms with E-state index < -0.39 is 18.8 Å². The van der Waals surface area contributed by atoms with Gasteiger partial charge in [0, 0.05) is 6.42 Å². The number of benzene rings is 1. The SMILES string of the molecule is O=C(O)CCc1cccc(OCC(F)(F)F)c1. The molecule has 0 fully saturated rings. The molecule has 94 valence electrons. The Morgan fingerprint density at radius 2 is 2.06 bits per heavy atom. The number of halogens is 3. The molecule has 6 heteroatoms. The molecule has 0 aliphatic heterocycles. The lowest BCUT2D eigenvalue weighted by molar-refractivity contribution is -0.153. The van der Waals surface area contributed by atoms with Gasteiger partial charge in [-0.25, -0.2) is 0 Å². The Kier molecular flexibility index (Phi) is 4.37. The van der Waals surface area contributed by atoms with Crippen LogP contribution >= 0.6 is 0 Å². The third-order valence-corrected chi connectivity index (χ3v) is 1.93. The van der Waals surface area contributed by atoms with Gasteiger partial charge < -0.3 is 9.84 Å². The summed E-state index contributed by atoms with van der Waals surface area (Å²) >= 11 is 0. The van der Waals surface area contributed by atoms with Crippen LogP contribution in [-0.4, -0.2) is 23.9 Å². The van der Waals surface area contributed by atoms with Gasteiger partial charge in [-0.3, -0.25) is 4.79 Å². The first-order chi connectivity index (χ1) is 7.87. The fourth-order valence-electron chi connectivity index (χ4n) is 1.21. The zero-order chi connectivity index (χ0) is 12.9. The second-order valence-electron chi connectivity index (χ2n) is 3.44. The lowest BCUT2D eigenvalue weighted by Crippen LogP contribution is -2.19. The summed E-state index contributed by atoms with van der Waals surface area (Å²) in [6, 6.07) is 5.98. The van der Waals surface area contributed by atoms with Crippen molar-refractivity contribution in [2.24, 2.45) is 0 Å². The van der Waals surface area contributed by atoms with Crippen LogP contribution < -0.4 is 4.74 Å². The minimum absolute atomic E-state index is 0.0667. The van der Waals surface area contributed by atoms with Crippen LogP contribution in [0.4, 0.5) is 13.2 Å². The molecule has 0 aliphatic rings. The second kappa shape index (κ2) is 5.56. The Morgan fingerprint density at radius 1 is 1.35 bits per heavy atom. The maximum atomic E-state index is 11.9. The first-order valence-electron chi connectivity index (χ1n) is 4.87. The van der Waals surface area contributed by atoms with Crippen LogP contribution in [0.5, 0.6) is 5.75 Å². The molecule has 0 radical (unpaired) electrons. The van der Waals surface area contributed by atoms with Crippen molar-refractivity contribution in [2.45, 2.75) is 19.0 Å². The van der Waals surface area contributed by atoms with E-state index in [0.717, 1.165) is 0 Å². The first-order valence-corrected chi connectivity index (χ1v) is 4.87. The molecule has 0 saturated carbocycles. The summed E-state index contributed by atoms with van der Waals surface area (Å²) in [6.07, 6.45) is -4.18. The Hall–Kier alpha value is -1.72. The fraction of sp³-hybridized carbons (Fsp3) is 0.364. The van der Waals surface area contributed by atoms with Crippen LogP contribution in [0.15, 0.2) is 24.3 Å². The number of carbonyl (C=O) groups is 1. The summed E-state index contributed by atoms with van der Waals surface area (Å²) in [4.78, 5) is 10.3. The average molecular weight is 248 g/mol. The van der Waals surface area contributed by atoms with Gasteiger partial charge in [0.2, 0.25) is 0 Å². The van der Waals surface area contributed by atoms with Gasteiger partial charge in [0.25, 0.3) is 0 Å². The van der Waals surface area contributed by atoms with Crippen molar-refractivity contribution >= 4 is 5.97 Å². The van der Waals surface area contributed by atoms with Crippen molar-refractivity contribution in [1.82, 2.24) is 0 Å². The third-order valence-electron chi connectivity index (χ3n) is 1.93. The highest BCUT2D eigenvalue weighted by molar-refractivity contribution is 5.67. The van der Waals surface area contributed by atoms with Crippen LogP contribution in [0.2, 0.25) is 0 Å². The van der Waals surface area contributed by atoms with Gasteiger partial charge in [0.05, 0.1) is 0 Å². The number of rotatable bonds is 5. The highest BCUT2D eigenvalue weighted by Crippen LogP contribution is 2.19. The molecule has 0 unspecified atom stereocenters. The molecule has 1 N–H and O–H groups in total. The maximum absolute atomic E-state index is 11.9. The molecule has 0 aromatic heterocycles. The highest BCUT2D eigenvalue weighted by atomic mass is 19.4. The van der Waals surface area contributed by atoms with Crippen molar-refractivity contribution in [3.63, 3.8) is 0 Å². The minimum atomic E-state index is -4.38. The number of aliphatic carboxylic acids is 1. The van der Waals surface area contributed by atoms with Crippen LogP contribution in [0.3, 0.4) is 0 Å². The van der Waals surface area contributed by atoms with E-state index in [0.29, 0.717) is 5.56 Å². The van der Waals surface area contributed by atoms with E-state index in [1.165, 1.54) is 18.2 Å². The van der Waals surface area contributed by atoms with Crippen molar-refractivity contribution in [1.29, 1.82) is 0 Å². The van der Waals surface area contributed by atoms with Gasteiger partial charge in [0.15, 0.2) is 6.61 Å². The maximum Gasteiger partial charge on any atom is 0.422 e. The molecule has 0 heterocycles. The number of hydrogen-bond acceptors (Lipinski definition) is 2.